The van der Waals surface area contributed by atoms with Gasteiger partial charge in [-0.25, -0.2) is 4.98 Å². The third kappa shape index (κ3) is 3.42. The third-order valence-electron chi connectivity index (χ3n) is 4.28. The molecule has 0 spiro atoms. The van der Waals surface area contributed by atoms with Crippen molar-refractivity contribution >= 4 is 22.9 Å². The molecule has 1 aliphatic carbocycles. The molecule has 1 aromatic heterocycles. The van der Waals surface area contributed by atoms with Crippen molar-refractivity contribution in [1.82, 2.24) is 9.97 Å². The first-order chi connectivity index (χ1) is 10.2. The molecule has 112 valence electrons. The molecule has 1 aromatic carbocycles. The van der Waals surface area contributed by atoms with E-state index >= 15 is 0 Å². The van der Waals surface area contributed by atoms with E-state index in [0.717, 1.165) is 17.5 Å². The van der Waals surface area contributed by atoms with Gasteiger partial charge in [-0.3, -0.25) is 10.1 Å². The lowest BCUT2D eigenvalue weighted by Crippen LogP contribution is -2.37. The lowest BCUT2D eigenvalue weighted by atomic mass is 9.85. The number of imidazole rings is 1. The zero-order chi connectivity index (χ0) is 14.7. The number of carbonyl (C=O) groups excluding carboxylic acids is 1. The number of anilines is 1. The highest BCUT2D eigenvalue weighted by atomic mass is 16.2. The maximum absolute atomic E-state index is 12.2. The highest BCUT2D eigenvalue weighted by Crippen LogP contribution is 2.27. The quantitative estimate of drug-likeness (QED) is 0.808. The number of rotatable bonds is 4. The summed E-state index contributed by atoms with van der Waals surface area (Å²) in [5.41, 5.74) is 7.79. The Morgan fingerprint density at radius 2 is 2.10 bits per heavy atom. The van der Waals surface area contributed by atoms with Crippen molar-refractivity contribution in [2.45, 2.75) is 44.6 Å². The lowest BCUT2D eigenvalue weighted by Gasteiger charge is -2.23. The first-order valence-corrected chi connectivity index (χ1v) is 7.73. The molecule has 1 heterocycles. The van der Waals surface area contributed by atoms with Gasteiger partial charge in [-0.05, 0) is 24.5 Å². The number of nitrogens with zero attached hydrogens (tertiary/aromatic N) is 1. The molecular formula is C16H22N4O. The Balaban J connectivity index is 1.59. The second-order valence-corrected chi connectivity index (χ2v) is 5.94. The van der Waals surface area contributed by atoms with Gasteiger partial charge in [0.15, 0.2) is 0 Å². The number of hydrogen-bond acceptors (Lipinski definition) is 3. The number of benzene rings is 1. The number of nitrogens with two attached hydrogens (primary N) is 1. The van der Waals surface area contributed by atoms with Crippen LogP contribution in [0.2, 0.25) is 0 Å². The summed E-state index contributed by atoms with van der Waals surface area (Å²) in [5, 5.41) is 2.79. The first-order valence-electron chi connectivity index (χ1n) is 7.73. The minimum Gasteiger partial charge on any atom is -0.324 e. The summed E-state index contributed by atoms with van der Waals surface area (Å²) < 4.78 is 0. The molecule has 21 heavy (non-hydrogen) atoms. The van der Waals surface area contributed by atoms with Gasteiger partial charge in [0.1, 0.15) is 0 Å². The zero-order valence-electron chi connectivity index (χ0n) is 12.1. The number of H-pyrrole nitrogens is 1. The Hall–Kier alpha value is -1.88. The van der Waals surface area contributed by atoms with Crippen LogP contribution >= 0.6 is 0 Å². The minimum absolute atomic E-state index is 0.153. The average Bonchev–Trinajstić information content (AvgIpc) is 2.90. The monoisotopic (exact) mass is 286 g/mol. The van der Waals surface area contributed by atoms with E-state index in [4.69, 9.17) is 5.73 Å². The molecule has 1 amide bonds. The van der Waals surface area contributed by atoms with Gasteiger partial charge in [0.2, 0.25) is 11.9 Å². The van der Waals surface area contributed by atoms with Crippen molar-refractivity contribution in [1.29, 1.82) is 0 Å². The average molecular weight is 286 g/mol. The van der Waals surface area contributed by atoms with Gasteiger partial charge in [0, 0.05) is 0 Å². The number of hydrogen-bond donors (Lipinski definition) is 3. The van der Waals surface area contributed by atoms with E-state index in [2.05, 4.69) is 15.3 Å². The van der Waals surface area contributed by atoms with Crippen molar-refractivity contribution in [2.75, 3.05) is 5.32 Å². The fourth-order valence-electron chi connectivity index (χ4n) is 3.11. The van der Waals surface area contributed by atoms with Gasteiger partial charge in [-0.15, -0.1) is 0 Å². The standard InChI is InChI=1S/C16H22N4O/c17-12(10-11-6-2-1-3-7-11)15(21)20-16-18-13-8-4-5-9-14(13)19-16/h4-5,8-9,11-12H,1-3,6-7,10,17H2,(H2,18,19,20,21). The zero-order valence-corrected chi connectivity index (χ0v) is 12.1. The van der Waals surface area contributed by atoms with E-state index in [1.165, 1.54) is 32.1 Å². The van der Waals surface area contributed by atoms with Crippen molar-refractivity contribution in [3.63, 3.8) is 0 Å². The number of fused-ring (bicyclic) bond motifs is 1. The molecule has 5 heteroatoms. The van der Waals surface area contributed by atoms with Gasteiger partial charge in [0.25, 0.3) is 0 Å². The van der Waals surface area contributed by atoms with Crippen LogP contribution in [0.4, 0.5) is 5.95 Å². The lowest BCUT2D eigenvalue weighted by molar-refractivity contribution is -0.117. The molecule has 1 unspecified atom stereocenters. The van der Waals surface area contributed by atoms with Gasteiger partial charge in [-0.1, -0.05) is 44.2 Å². The summed E-state index contributed by atoms with van der Waals surface area (Å²) in [7, 11) is 0. The molecule has 1 saturated carbocycles. The van der Waals surface area contributed by atoms with Crippen LogP contribution in [0.15, 0.2) is 24.3 Å². The Bertz CT molecular complexity index is 583. The number of aromatic amines is 1. The van der Waals surface area contributed by atoms with Crippen LogP contribution in [-0.4, -0.2) is 21.9 Å². The maximum Gasteiger partial charge on any atom is 0.243 e. The summed E-state index contributed by atoms with van der Waals surface area (Å²) >= 11 is 0. The number of aromatic nitrogens is 2. The fourth-order valence-corrected chi connectivity index (χ4v) is 3.11. The summed E-state index contributed by atoms with van der Waals surface area (Å²) in [6.45, 7) is 0. The molecule has 4 N–H and O–H groups in total. The van der Waals surface area contributed by atoms with Gasteiger partial charge >= 0.3 is 0 Å². The van der Waals surface area contributed by atoms with E-state index in [9.17, 15) is 4.79 Å². The van der Waals surface area contributed by atoms with E-state index in [0.29, 0.717) is 11.9 Å². The minimum atomic E-state index is -0.457. The van der Waals surface area contributed by atoms with Crippen molar-refractivity contribution < 1.29 is 4.79 Å². The van der Waals surface area contributed by atoms with Crippen LogP contribution in [0.5, 0.6) is 0 Å². The molecule has 2 aromatic rings. The topological polar surface area (TPSA) is 83.8 Å². The summed E-state index contributed by atoms with van der Waals surface area (Å²) in [4.78, 5) is 19.6. The maximum atomic E-state index is 12.2. The highest BCUT2D eigenvalue weighted by molar-refractivity contribution is 5.94. The molecule has 0 aliphatic heterocycles. The largest absolute Gasteiger partial charge is 0.324 e. The summed E-state index contributed by atoms with van der Waals surface area (Å²) in [6.07, 6.45) is 7.02. The summed E-state index contributed by atoms with van der Waals surface area (Å²) in [5.74, 6) is 0.912. The van der Waals surface area contributed by atoms with E-state index in [1.54, 1.807) is 0 Å². The molecule has 5 nitrogen and oxygen atoms in total. The Morgan fingerprint density at radius 1 is 1.33 bits per heavy atom. The molecule has 0 saturated heterocycles. The molecule has 1 atom stereocenters. The summed E-state index contributed by atoms with van der Waals surface area (Å²) in [6, 6.07) is 7.23. The van der Waals surface area contributed by atoms with Crippen LogP contribution in [0, 0.1) is 5.92 Å². The Labute approximate surface area is 124 Å². The van der Waals surface area contributed by atoms with Crippen LogP contribution < -0.4 is 11.1 Å². The second-order valence-electron chi connectivity index (χ2n) is 5.94. The van der Waals surface area contributed by atoms with E-state index < -0.39 is 6.04 Å². The molecule has 0 radical (unpaired) electrons. The number of amides is 1. The number of nitrogens with one attached hydrogen (secondary N) is 2. The molecular weight excluding hydrogens is 264 g/mol. The highest BCUT2D eigenvalue weighted by Gasteiger charge is 2.21. The number of carbonyl (C=O) groups is 1. The third-order valence-corrected chi connectivity index (χ3v) is 4.28. The predicted octanol–water partition coefficient (Wildman–Crippen LogP) is 2.80. The SMILES string of the molecule is NC(CC1CCCCC1)C(=O)Nc1nc2ccccc2[nH]1. The van der Waals surface area contributed by atoms with Crippen LogP contribution in [0.3, 0.4) is 0 Å². The molecule has 1 aliphatic rings. The van der Waals surface area contributed by atoms with Crippen molar-refractivity contribution in [3.05, 3.63) is 24.3 Å². The smallest absolute Gasteiger partial charge is 0.243 e. The van der Waals surface area contributed by atoms with Crippen LogP contribution in [0.25, 0.3) is 11.0 Å². The fraction of sp³-hybridized carbons (Fsp3) is 0.500. The molecule has 3 rings (SSSR count). The van der Waals surface area contributed by atoms with Gasteiger partial charge in [-0.2, -0.15) is 0 Å². The second kappa shape index (κ2) is 6.26. The van der Waals surface area contributed by atoms with Crippen molar-refractivity contribution in [3.8, 4) is 0 Å². The molecule has 0 bridgehead atoms. The van der Waals surface area contributed by atoms with Crippen LogP contribution in [0.1, 0.15) is 38.5 Å². The first kappa shape index (κ1) is 14.1. The van der Waals surface area contributed by atoms with Crippen LogP contribution in [-0.2, 0) is 4.79 Å². The normalized spacial score (nSPS) is 17.8. The van der Waals surface area contributed by atoms with E-state index in [-0.39, 0.29) is 5.91 Å². The molecule has 1 fully saturated rings. The number of para-hydroxylation sites is 2. The predicted molar refractivity (Wildman–Crippen MR) is 83.9 cm³/mol. The Kier molecular flexibility index (Phi) is 4.20. The van der Waals surface area contributed by atoms with Gasteiger partial charge < -0.3 is 10.7 Å². The van der Waals surface area contributed by atoms with E-state index in [1.807, 2.05) is 24.3 Å². The van der Waals surface area contributed by atoms with Gasteiger partial charge in [0.05, 0.1) is 17.1 Å². The van der Waals surface area contributed by atoms with Crippen molar-refractivity contribution in [2.24, 2.45) is 11.7 Å². The Morgan fingerprint density at radius 3 is 2.86 bits per heavy atom.